The number of nitrogens with one attached hydrogen (secondary N) is 1. The number of anilines is 1. The number of alkyl halides is 2. The zero-order valence-electron chi connectivity index (χ0n) is 24.3. The minimum Gasteiger partial charge on any atom is -0.324 e. The van der Waals surface area contributed by atoms with E-state index in [0.717, 1.165) is 4.90 Å². The number of imide groups is 1. The first-order valence-corrected chi connectivity index (χ1v) is 15.8. The predicted octanol–water partition coefficient (Wildman–Crippen LogP) is 7.13. The third-order valence-electron chi connectivity index (χ3n) is 9.32. The maximum absolute atomic E-state index is 14.5. The maximum Gasteiger partial charge on any atom is 0.247 e. The van der Waals surface area contributed by atoms with Gasteiger partial charge in [-0.05, 0) is 46.4 Å². The summed E-state index contributed by atoms with van der Waals surface area (Å²) in [5.41, 5.74) is 3.53. The van der Waals surface area contributed by atoms with Gasteiger partial charge in [0.25, 0.3) is 0 Å². The molecule has 3 amide bonds. The van der Waals surface area contributed by atoms with Crippen LogP contribution in [0.5, 0.6) is 0 Å². The smallest absolute Gasteiger partial charge is 0.247 e. The van der Waals surface area contributed by atoms with Gasteiger partial charge in [-0.25, -0.2) is 0 Å². The number of benzene rings is 4. The van der Waals surface area contributed by atoms with Crippen LogP contribution < -0.4 is 5.32 Å². The molecular weight excluding hydrogens is 631 g/mol. The second-order valence-electron chi connectivity index (χ2n) is 12.1. The molecule has 0 saturated carbocycles. The van der Waals surface area contributed by atoms with Crippen LogP contribution in [-0.4, -0.2) is 34.4 Å². The van der Waals surface area contributed by atoms with Crippen molar-refractivity contribution in [3.8, 4) is 0 Å². The minimum absolute atomic E-state index is 0.181. The molecule has 8 rings (SSSR count). The van der Waals surface area contributed by atoms with E-state index in [1.165, 1.54) is 12.1 Å². The molecule has 3 aliphatic carbocycles. The van der Waals surface area contributed by atoms with Crippen molar-refractivity contribution in [3.63, 3.8) is 0 Å². The highest BCUT2D eigenvalue weighted by Crippen LogP contribution is 2.69. The first-order chi connectivity index (χ1) is 21.5. The number of carbonyl (C=O) groups excluding carboxylic acids is 4. The van der Waals surface area contributed by atoms with Gasteiger partial charge in [-0.1, -0.05) is 104 Å². The fourth-order valence-corrected chi connectivity index (χ4v) is 8.72. The van der Waals surface area contributed by atoms with Gasteiger partial charge in [0.1, 0.15) is 15.8 Å². The van der Waals surface area contributed by atoms with Crippen molar-refractivity contribution < 1.29 is 19.2 Å². The van der Waals surface area contributed by atoms with Crippen LogP contribution in [0.4, 0.5) is 5.69 Å². The van der Waals surface area contributed by atoms with Crippen LogP contribution in [0, 0.1) is 17.8 Å². The molecule has 4 aromatic rings. The second kappa shape index (κ2) is 10.5. The summed E-state index contributed by atoms with van der Waals surface area (Å²) in [7, 11) is 0. The number of hydrogen-bond acceptors (Lipinski definition) is 4. The summed E-state index contributed by atoms with van der Waals surface area (Å²) < 4.78 is 0. The van der Waals surface area contributed by atoms with Crippen LogP contribution in [0.15, 0.2) is 97.1 Å². The zero-order chi connectivity index (χ0) is 31.8. The average molecular weight is 658 g/mol. The van der Waals surface area contributed by atoms with Crippen LogP contribution in [0.3, 0.4) is 0 Å². The summed E-state index contributed by atoms with van der Waals surface area (Å²) in [4.78, 5) is 55.0. The zero-order valence-corrected chi connectivity index (χ0v) is 26.5. The molecule has 1 fully saturated rings. The van der Waals surface area contributed by atoms with Gasteiger partial charge in [0, 0.05) is 16.1 Å². The Morgan fingerprint density at radius 3 is 1.67 bits per heavy atom. The highest BCUT2D eigenvalue weighted by molar-refractivity contribution is 6.36. The first-order valence-electron chi connectivity index (χ1n) is 14.7. The lowest BCUT2D eigenvalue weighted by Gasteiger charge is -2.54. The molecule has 9 heteroatoms. The fourth-order valence-electron chi connectivity index (χ4n) is 7.45. The molecule has 1 saturated heterocycles. The Labute approximate surface area is 275 Å². The van der Waals surface area contributed by atoms with E-state index in [-0.39, 0.29) is 17.0 Å². The Balaban J connectivity index is 1.30. The SMILES string of the molecule is CC(C)[C@@H](C(=O)Nc1ccc(Cl)cc1C(=O)c1ccccc1)N1C(=O)[C@H]2[C@H](C1=O)C1(Cl)c3ccccc3C2(Cl)c2ccccc21. The molecule has 4 aromatic carbocycles. The molecule has 4 aliphatic rings. The Kier molecular flexibility index (Phi) is 6.97. The van der Waals surface area contributed by atoms with Gasteiger partial charge in [0.15, 0.2) is 5.78 Å². The number of rotatable bonds is 6. The highest BCUT2D eigenvalue weighted by atomic mass is 35.5. The maximum atomic E-state index is 14.5. The molecule has 45 heavy (non-hydrogen) atoms. The highest BCUT2D eigenvalue weighted by Gasteiger charge is 2.73. The third kappa shape index (κ3) is 4.09. The third-order valence-corrected chi connectivity index (χ3v) is 10.8. The van der Waals surface area contributed by atoms with Crippen LogP contribution in [-0.2, 0) is 24.1 Å². The Morgan fingerprint density at radius 1 is 0.733 bits per heavy atom. The van der Waals surface area contributed by atoms with E-state index in [1.807, 2.05) is 48.5 Å². The van der Waals surface area contributed by atoms with E-state index in [1.54, 1.807) is 50.2 Å². The summed E-state index contributed by atoms with van der Waals surface area (Å²) in [6.45, 7) is 3.52. The number of ketones is 1. The summed E-state index contributed by atoms with van der Waals surface area (Å²) in [5.74, 6) is -4.63. The Bertz CT molecular complexity index is 1800. The van der Waals surface area contributed by atoms with Crippen molar-refractivity contribution in [2.24, 2.45) is 17.8 Å². The van der Waals surface area contributed by atoms with Gasteiger partial charge in [-0.3, -0.25) is 24.1 Å². The average Bonchev–Trinajstić information content (AvgIpc) is 3.31. The number of amides is 3. The van der Waals surface area contributed by atoms with E-state index in [9.17, 15) is 19.2 Å². The molecule has 3 atom stereocenters. The van der Waals surface area contributed by atoms with Crippen LogP contribution in [0.2, 0.25) is 5.02 Å². The standard InChI is InChI=1S/C36H27Cl3N2O4/c1-19(2)30(32(43)40-27-17-16-21(37)18-22(27)31(42)20-10-4-3-5-11-20)41-33(44)28-29(34(41)45)36(39)24-13-7-6-12-23(24)35(28,38)25-14-8-9-15-26(25)36/h3-19,28-30H,1-2H3,(H,40,43)/t28-,29-,30+,35?,36?/m1/s1. The molecule has 6 nitrogen and oxygen atoms in total. The lowest BCUT2D eigenvalue weighted by atomic mass is 9.54. The van der Waals surface area contributed by atoms with Gasteiger partial charge in [0.2, 0.25) is 17.7 Å². The molecule has 1 aliphatic heterocycles. The van der Waals surface area contributed by atoms with Gasteiger partial charge in [0.05, 0.1) is 17.5 Å². The molecular formula is C36H27Cl3N2O4. The number of halogens is 3. The molecule has 0 spiro atoms. The van der Waals surface area contributed by atoms with Crippen LogP contribution in [0.25, 0.3) is 0 Å². The quantitative estimate of drug-likeness (QED) is 0.136. The van der Waals surface area contributed by atoms with Gasteiger partial charge in [-0.15, -0.1) is 23.2 Å². The molecule has 1 heterocycles. The van der Waals surface area contributed by atoms with Crippen molar-refractivity contribution in [2.45, 2.75) is 29.6 Å². The topological polar surface area (TPSA) is 83.6 Å². The van der Waals surface area contributed by atoms with Gasteiger partial charge in [-0.2, -0.15) is 0 Å². The fraction of sp³-hybridized carbons (Fsp3) is 0.222. The van der Waals surface area contributed by atoms with Crippen molar-refractivity contribution in [3.05, 3.63) is 135 Å². The summed E-state index contributed by atoms with van der Waals surface area (Å²) in [6, 6.07) is 26.8. The first kappa shape index (κ1) is 29.7. The van der Waals surface area contributed by atoms with Crippen molar-refractivity contribution in [1.29, 1.82) is 0 Å². The summed E-state index contributed by atoms with van der Waals surface area (Å²) in [6.07, 6.45) is 0. The normalized spacial score (nSPS) is 25.1. The minimum atomic E-state index is -1.36. The van der Waals surface area contributed by atoms with Crippen molar-refractivity contribution in [2.75, 3.05) is 5.32 Å². The Hall–Kier alpha value is -3.97. The van der Waals surface area contributed by atoms with Crippen molar-refractivity contribution in [1.82, 2.24) is 4.90 Å². The van der Waals surface area contributed by atoms with E-state index < -0.39 is 51.3 Å². The number of nitrogens with zero attached hydrogens (tertiary/aromatic N) is 1. The van der Waals surface area contributed by atoms with E-state index in [2.05, 4.69) is 5.32 Å². The summed E-state index contributed by atoms with van der Waals surface area (Å²) in [5, 5.41) is 3.15. The molecule has 0 unspecified atom stereocenters. The number of likely N-dealkylation sites (tertiary alicyclic amines) is 1. The molecule has 1 N–H and O–H groups in total. The van der Waals surface area contributed by atoms with E-state index >= 15 is 0 Å². The monoisotopic (exact) mass is 656 g/mol. The van der Waals surface area contributed by atoms with Gasteiger partial charge < -0.3 is 5.32 Å². The molecule has 2 bridgehead atoms. The van der Waals surface area contributed by atoms with Crippen LogP contribution >= 0.6 is 34.8 Å². The van der Waals surface area contributed by atoms with E-state index in [0.29, 0.717) is 32.8 Å². The summed E-state index contributed by atoms with van der Waals surface area (Å²) >= 11 is 21.4. The predicted molar refractivity (Wildman–Crippen MR) is 174 cm³/mol. The number of carbonyl (C=O) groups is 4. The number of hydrogen-bond donors (Lipinski definition) is 1. The van der Waals surface area contributed by atoms with E-state index in [4.69, 9.17) is 34.8 Å². The molecule has 0 radical (unpaired) electrons. The van der Waals surface area contributed by atoms with Crippen molar-refractivity contribution >= 4 is 64.0 Å². The lowest BCUT2D eigenvalue weighted by molar-refractivity contribution is -0.148. The molecule has 0 aromatic heterocycles. The second-order valence-corrected chi connectivity index (χ2v) is 13.7. The largest absolute Gasteiger partial charge is 0.324 e. The lowest BCUT2D eigenvalue weighted by Crippen LogP contribution is -2.57. The van der Waals surface area contributed by atoms with Crippen LogP contribution in [0.1, 0.15) is 52.0 Å². The molecule has 226 valence electrons. The Morgan fingerprint density at radius 2 is 1.20 bits per heavy atom. The van der Waals surface area contributed by atoms with Gasteiger partial charge >= 0.3 is 0 Å².